The standard InChI is InChI=1S/C12H15ClN2O/c1-15-6-5-9-3-2-4-11(10(9)8-15)14-7-12(13)16/h2-4,14H,5-8H2,1H3. The third kappa shape index (κ3) is 2.54. The highest BCUT2D eigenvalue weighted by atomic mass is 35.5. The number of carbonyl (C=O) groups is 1. The largest absolute Gasteiger partial charge is 0.376 e. The van der Waals surface area contributed by atoms with E-state index >= 15 is 0 Å². The number of hydrogen-bond donors (Lipinski definition) is 1. The molecule has 0 spiro atoms. The van der Waals surface area contributed by atoms with Crippen LogP contribution in [0.1, 0.15) is 11.1 Å². The van der Waals surface area contributed by atoms with E-state index in [1.54, 1.807) is 0 Å². The average Bonchev–Trinajstić information content (AvgIpc) is 2.26. The topological polar surface area (TPSA) is 32.3 Å². The summed E-state index contributed by atoms with van der Waals surface area (Å²) in [5, 5.41) is 2.73. The number of carbonyl (C=O) groups excluding carboxylic acids is 1. The second-order valence-corrected chi connectivity index (χ2v) is 4.56. The number of halogens is 1. The molecule has 1 aromatic carbocycles. The van der Waals surface area contributed by atoms with Crippen molar-refractivity contribution in [1.82, 2.24) is 4.90 Å². The minimum absolute atomic E-state index is 0.182. The molecule has 0 radical (unpaired) electrons. The lowest BCUT2D eigenvalue weighted by Crippen LogP contribution is -2.27. The molecule has 1 heterocycles. The molecule has 1 N–H and O–H groups in total. The van der Waals surface area contributed by atoms with Crippen molar-refractivity contribution < 1.29 is 4.79 Å². The number of nitrogens with zero attached hydrogens (tertiary/aromatic N) is 1. The van der Waals surface area contributed by atoms with E-state index in [0.29, 0.717) is 0 Å². The highest BCUT2D eigenvalue weighted by Gasteiger charge is 2.16. The van der Waals surface area contributed by atoms with E-state index in [1.165, 1.54) is 11.1 Å². The zero-order valence-electron chi connectivity index (χ0n) is 9.29. The van der Waals surface area contributed by atoms with Crippen molar-refractivity contribution in [2.75, 3.05) is 25.5 Å². The third-order valence-electron chi connectivity index (χ3n) is 2.88. The molecule has 2 rings (SSSR count). The Morgan fingerprint density at radius 2 is 2.38 bits per heavy atom. The van der Waals surface area contributed by atoms with Crippen molar-refractivity contribution >= 4 is 22.5 Å². The molecule has 0 aliphatic carbocycles. The minimum Gasteiger partial charge on any atom is -0.376 e. The molecule has 0 atom stereocenters. The molecular formula is C12H15ClN2O. The van der Waals surface area contributed by atoms with E-state index in [9.17, 15) is 4.79 Å². The van der Waals surface area contributed by atoms with Gasteiger partial charge in [-0.15, -0.1) is 0 Å². The van der Waals surface area contributed by atoms with Crippen LogP contribution in [0.3, 0.4) is 0 Å². The van der Waals surface area contributed by atoms with Crippen molar-refractivity contribution in [2.45, 2.75) is 13.0 Å². The normalized spacial score (nSPS) is 15.6. The second-order valence-electron chi connectivity index (χ2n) is 4.14. The first kappa shape index (κ1) is 11.4. The van der Waals surface area contributed by atoms with Gasteiger partial charge in [-0.25, -0.2) is 0 Å². The fourth-order valence-electron chi connectivity index (χ4n) is 2.05. The third-order valence-corrected chi connectivity index (χ3v) is 3.02. The first-order valence-corrected chi connectivity index (χ1v) is 5.76. The predicted molar refractivity (Wildman–Crippen MR) is 65.8 cm³/mol. The zero-order chi connectivity index (χ0) is 11.5. The maximum Gasteiger partial charge on any atom is 0.240 e. The van der Waals surface area contributed by atoms with Crippen LogP contribution in [0.25, 0.3) is 0 Å². The summed E-state index contributed by atoms with van der Waals surface area (Å²) in [5.74, 6) is 0. The molecule has 16 heavy (non-hydrogen) atoms. The molecule has 0 fully saturated rings. The number of benzene rings is 1. The van der Waals surface area contributed by atoms with Crippen LogP contribution in [0.2, 0.25) is 0 Å². The number of nitrogens with one attached hydrogen (secondary N) is 1. The molecule has 0 saturated heterocycles. The van der Waals surface area contributed by atoms with E-state index in [-0.39, 0.29) is 11.8 Å². The Bertz CT molecular complexity index is 406. The number of likely N-dealkylation sites (N-methyl/N-ethyl adjacent to an activating group) is 1. The van der Waals surface area contributed by atoms with Gasteiger partial charge in [0, 0.05) is 18.8 Å². The summed E-state index contributed by atoms with van der Waals surface area (Å²) >= 11 is 5.33. The van der Waals surface area contributed by atoms with Crippen molar-refractivity contribution in [2.24, 2.45) is 0 Å². The van der Waals surface area contributed by atoms with E-state index < -0.39 is 0 Å². The van der Waals surface area contributed by atoms with Crippen LogP contribution >= 0.6 is 11.6 Å². The van der Waals surface area contributed by atoms with Crippen molar-refractivity contribution in [1.29, 1.82) is 0 Å². The maximum absolute atomic E-state index is 10.7. The van der Waals surface area contributed by atoms with Gasteiger partial charge in [0.05, 0.1) is 6.54 Å². The molecule has 1 aliphatic rings. The summed E-state index contributed by atoms with van der Waals surface area (Å²) < 4.78 is 0. The van der Waals surface area contributed by atoms with E-state index in [4.69, 9.17) is 11.6 Å². The van der Waals surface area contributed by atoms with Gasteiger partial charge in [-0.1, -0.05) is 12.1 Å². The molecule has 0 unspecified atom stereocenters. The molecule has 0 aromatic heterocycles. The van der Waals surface area contributed by atoms with Gasteiger partial charge in [0.2, 0.25) is 5.24 Å². The summed E-state index contributed by atoms with van der Waals surface area (Å²) in [7, 11) is 2.10. The van der Waals surface area contributed by atoms with Crippen molar-refractivity contribution in [3.63, 3.8) is 0 Å². The van der Waals surface area contributed by atoms with E-state index in [1.807, 2.05) is 12.1 Å². The minimum atomic E-state index is -0.359. The van der Waals surface area contributed by atoms with E-state index in [0.717, 1.165) is 25.2 Å². The van der Waals surface area contributed by atoms with Crippen LogP contribution in [0, 0.1) is 0 Å². The monoisotopic (exact) mass is 238 g/mol. The van der Waals surface area contributed by atoms with Crippen molar-refractivity contribution in [3.05, 3.63) is 29.3 Å². The quantitative estimate of drug-likeness (QED) is 0.816. The summed E-state index contributed by atoms with van der Waals surface area (Å²) in [6.45, 7) is 2.20. The molecule has 0 saturated carbocycles. The molecule has 86 valence electrons. The van der Waals surface area contributed by atoms with Crippen LogP contribution < -0.4 is 5.32 Å². The summed E-state index contributed by atoms with van der Waals surface area (Å²) in [6.07, 6.45) is 1.07. The highest BCUT2D eigenvalue weighted by molar-refractivity contribution is 6.64. The van der Waals surface area contributed by atoms with Gasteiger partial charge in [-0.2, -0.15) is 0 Å². The predicted octanol–water partition coefficient (Wildman–Crippen LogP) is 1.85. The summed E-state index contributed by atoms with van der Waals surface area (Å²) in [4.78, 5) is 13.0. The molecular weight excluding hydrogens is 224 g/mol. The number of fused-ring (bicyclic) bond motifs is 1. The number of rotatable bonds is 3. The Kier molecular flexibility index (Phi) is 3.46. The van der Waals surface area contributed by atoms with Gasteiger partial charge in [-0.3, -0.25) is 4.79 Å². The molecule has 1 aromatic rings. The van der Waals surface area contributed by atoms with Crippen LogP contribution in [0.4, 0.5) is 5.69 Å². The Morgan fingerprint density at radius 3 is 3.12 bits per heavy atom. The molecule has 3 nitrogen and oxygen atoms in total. The summed E-state index contributed by atoms with van der Waals surface area (Å²) in [6, 6.07) is 6.17. The van der Waals surface area contributed by atoms with Crippen LogP contribution in [-0.4, -0.2) is 30.3 Å². The number of anilines is 1. The van der Waals surface area contributed by atoms with Crippen LogP contribution in [0.5, 0.6) is 0 Å². The Labute approximate surface area is 100 Å². The highest BCUT2D eigenvalue weighted by Crippen LogP contribution is 2.25. The van der Waals surface area contributed by atoms with E-state index in [2.05, 4.69) is 23.3 Å². The maximum atomic E-state index is 10.7. The fourth-order valence-corrected chi connectivity index (χ4v) is 2.11. The lowest BCUT2D eigenvalue weighted by atomic mass is 9.98. The first-order chi connectivity index (χ1) is 7.66. The van der Waals surface area contributed by atoms with Crippen LogP contribution in [0.15, 0.2) is 18.2 Å². The van der Waals surface area contributed by atoms with Gasteiger partial charge in [0.15, 0.2) is 0 Å². The Hall–Kier alpha value is -1.06. The zero-order valence-corrected chi connectivity index (χ0v) is 10.0. The van der Waals surface area contributed by atoms with Gasteiger partial charge < -0.3 is 10.2 Å². The lowest BCUT2D eigenvalue weighted by molar-refractivity contribution is -0.110. The number of hydrogen-bond acceptors (Lipinski definition) is 3. The molecule has 1 aliphatic heterocycles. The molecule has 0 amide bonds. The Morgan fingerprint density at radius 1 is 1.56 bits per heavy atom. The van der Waals surface area contributed by atoms with Gasteiger partial charge in [0.25, 0.3) is 0 Å². The van der Waals surface area contributed by atoms with Crippen molar-refractivity contribution in [3.8, 4) is 0 Å². The van der Waals surface area contributed by atoms with Gasteiger partial charge >= 0.3 is 0 Å². The summed E-state index contributed by atoms with van der Waals surface area (Å²) in [5.41, 5.74) is 3.68. The fraction of sp³-hybridized carbons (Fsp3) is 0.417. The first-order valence-electron chi connectivity index (χ1n) is 5.38. The van der Waals surface area contributed by atoms with Gasteiger partial charge in [0.1, 0.15) is 0 Å². The van der Waals surface area contributed by atoms with Crippen LogP contribution in [-0.2, 0) is 17.8 Å². The molecule has 0 bridgehead atoms. The smallest absolute Gasteiger partial charge is 0.240 e. The lowest BCUT2D eigenvalue weighted by Gasteiger charge is -2.27. The second kappa shape index (κ2) is 4.85. The van der Waals surface area contributed by atoms with Gasteiger partial charge in [-0.05, 0) is 42.3 Å². The SMILES string of the molecule is CN1CCc2cccc(NCC(=O)Cl)c2C1. The molecule has 4 heteroatoms. The average molecular weight is 239 g/mol. The Balaban J connectivity index is 2.21.